The third-order valence-corrected chi connectivity index (χ3v) is 4.51. The molecule has 0 heterocycles. The predicted octanol–water partition coefficient (Wildman–Crippen LogP) is 1.92. The highest BCUT2D eigenvalue weighted by Gasteiger charge is 2.08. The second kappa shape index (κ2) is 24.0. The molecule has 32 heavy (non-hydrogen) atoms. The van der Waals surface area contributed by atoms with Gasteiger partial charge in [0.1, 0.15) is 0 Å². The van der Waals surface area contributed by atoms with Crippen LogP contribution >= 0.6 is 0 Å². The highest BCUT2D eigenvalue weighted by molar-refractivity contribution is 5.84. The van der Waals surface area contributed by atoms with Crippen LogP contribution in [0.3, 0.4) is 0 Å². The number of carbonyl (C=O) groups excluding carboxylic acids is 1. The van der Waals surface area contributed by atoms with E-state index in [4.69, 9.17) is 0 Å². The molecule has 0 saturated heterocycles. The largest absolute Gasteiger partial charge is 1.00 e. The average Bonchev–Trinajstić information content (AvgIpc) is 2.65. The van der Waals surface area contributed by atoms with E-state index in [0.717, 1.165) is 54.4 Å². The molecule has 0 bridgehead atoms. The molecular formula is C27H51ClN2O2. The molecule has 0 amide bonds. The molecule has 0 atom stereocenters. The van der Waals surface area contributed by atoms with Crippen LogP contribution in [0.25, 0.3) is 0 Å². The van der Waals surface area contributed by atoms with E-state index in [9.17, 15) is 9.90 Å². The van der Waals surface area contributed by atoms with Gasteiger partial charge in [-0.25, -0.2) is 0 Å². The lowest BCUT2D eigenvalue weighted by Crippen LogP contribution is -3.00. The van der Waals surface area contributed by atoms with Gasteiger partial charge in [-0.2, -0.15) is 0 Å². The number of hydrogen-bond acceptors (Lipinski definition) is 2. The van der Waals surface area contributed by atoms with E-state index >= 15 is 0 Å². The van der Waals surface area contributed by atoms with Gasteiger partial charge in [-0.15, -0.1) is 0 Å². The zero-order chi connectivity index (χ0) is 24.8. The van der Waals surface area contributed by atoms with Crippen molar-refractivity contribution >= 4 is 5.97 Å². The maximum atomic E-state index is 10.6. The Bertz CT molecular complexity index is 486. The number of carboxylic acids is 1. The molecule has 0 radical (unpaired) electrons. The van der Waals surface area contributed by atoms with Crippen LogP contribution in [0, 0.1) is 0 Å². The number of carboxylic acid groups (broad SMARTS) is 1. The van der Waals surface area contributed by atoms with Crippen LogP contribution in [0.4, 0.5) is 0 Å². The van der Waals surface area contributed by atoms with Crippen molar-refractivity contribution < 1.29 is 31.3 Å². The summed E-state index contributed by atoms with van der Waals surface area (Å²) in [6, 6.07) is 0. The number of hydrogen-bond donors (Lipinski definition) is 0. The van der Waals surface area contributed by atoms with Gasteiger partial charge in [-0.05, 0) is 49.1 Å². The Morgan fingerprint density at radius 1 is 0.750 bits per heavy atom. The molecule has 0 aliphatic heterocycles. The van der Waals surface area contributed by atoms with E-state index in [-0.39, 0.29) is 12.4 Å². The highest BCUT2D eigenvalue weighted by atomic mass is 35.5. The summed E-state index contributed by atoms with van der Waals surface area (Å²) < 4.78 is 1.90. The summed E-state index contributed by atoms with van der Waals surface area (Å²) in [5.41, 5.74) is 0.471. The molecule has 0 aliphatic carbocycles. The zero-order valence-corrected chi connectivity index (χ0v) is 22.6. The SMILES string of the molecule is C=CC[N+](C)(C)CC=C.C=CC[N+](C)(C)CC=C.CCC=C(CCCCCC)C(=O)[O-].[Cl-]. The van der Waals surface area contributed by atoms with Gasteiger partial charge in [-0.3, -0.25) is 0 Å². The Morgan fingerprint density at radius 2 is 1.12 bits per heavy atom. The van der Waals surface area contributed by atoms with Gasteiger partial charge >= 0.3 is 0 Å². The lowest BCUT2D eigenvalue weighted by atomic mass is 10.1. The number of quaternary nitrogens is 2. The molecule has 0 fully saturated rings. The maximum Gasteiger partial charge on any atom is 0.0969 e. The van der Waals surface area contributed by atoms with Crippen LogP contribution in [-0.2, 0) is 4.79 Å². The number of aliphatic carboxylic acids is 1. The molecule has 0 spiro atoms. The Labute approximate surface area is 206 Å². The van der Waals surface area contributed by atoms with Crippen molar-refractivity contribution in [2.75, 3.05) is 54.4 Å². The fourth-order valence-electron chi connectivity index (χ4n) is 2.82. The molecule has 0 aromatic rings. The van der Waals surface area contributed by atoms with Crippen molar-refractivity contribution in [1.29, 1.82) is 0 Å². The van der Waals surface area contributed by atoms with E-state index in [1.807, 2.05) is 31.2 Å². The Kier molecular flexibility index (Phi) is 28.3. The quantitative estimate of drug-likeness (QED) is 0.159. The van der Waals surface area contributed by atoms with Crippen molar-refractivity contribution in [3.8, 4) is 0 Å². The van der Waals surface area contributed by atoms with Gasteiger partial charge in [0, 0.05) is 0 Å². The van der Waals surface area contributed by atoms with E-state index in [0.29, 0.717) is 12.0 Å². The Balaban J connectivity index is -0.000000186. The van der Waals surface area contributed by atoms with Crippen molar-refractivity contribution in [3.63, 3.8) is 0 Å². The molecule has 0 saturated carbocycles. The topological polar surface area (TPSA) is 40.1 Å². The standard InChI is InChI=1S/C11H20O2.2C8H16N.ClH/c1-3-5-6-7-9-10(8-4-2)11(12)13;2*1-5-7-9(3,4)8-6-2;/h8H,3-7,9H2,1-2H3,(H,12,13);2*5-6H,1-2,7-8H2,3-4H3;1H/q;2*+1;/p-2. The zero-order valence-electron chi connectivity index (χ0n) is 21.9. The van der Waals surface area contributed by atoms with E-state index in [2.05, 4.69) is 61.4 Å². The lowest BCUT2D eigenvalue weighted by Gasteiger charge is -2.26. The van der Waals surface area contributed by atoms with Crippen LogP contribution in [0.5, 0.6) is 0 Å². The van der Waals surface area contributed by atoms with Crippen LogP contribution in [0.2, 0.25) is 0 Å². The molecule has 0 aromatic carbocycles. The second-order valence-electron chi connectivity index (χ2n) is 8.99. The number of nitrogens with zero attached hydrogens (tertiary/aromatic N) is 2. The summed E-state index contributed by atoms with van der Waals surface area (Å²) in [4.78, 5) is 10.6. The van der Waals surface area contributed by atoms with Crippen LogP contribution < -0.4 is 17.5 Å². The molecular weight excluding hydrogens is 420 g/mol. The molecule has 0 unspecified atom stereocenters. The summed E-state index contributed by atoms with van der Waals surface area (Å²) in [6.45, 7) is 22.8. The molecule has 4 nitrogen and oxygen atoms in total. The average molecular weight is 471 g/mol. The van der Waals surface area contributed by atoms with Crippen molar-refractivity contribution in [1.82, 2.24) is 0 Å². The minimum absolute atomic E-state index is 0. The Hall–Kier alpha value is -1.62. The first-order valence-electron chi connectivity index (χ1n) is 11.4. The number of unbranched alkanes of at least 4 members (excludes halogenated alkanes) is 3. The number of rotatable bonds is 15. The molecule has 5 heteroatoms. The number of allylic oxidation sites excluding steroid dienone is 1. The fourth-order valence-corrected chi connectivity index (χ4v) is 2.82. The van der Waals surface area contributed by atoms with Crippen LogP contribution in [0.15, 0.2) is 62.3 Å². The molecule has 0 aliphatic rings. The van der Waals surface area contributed by atoms with Crippen molar-refractivity contribution in [2.24, 2.45) is 0 Å². The van der Waals surface area contributed by atoms with Crippen LogP contribution in [-0.4, -0.2) is 69.3 Å². The van der Waals surface area contributed by atoms with Gasteiger partial charge in [0.15, 0.2) is 0 Å². The number of carbonyl (C=O) groups is 1. The summed E-state index contributed by atoms with van der Waals surface area (Å²) in [5.74, 6) is -1.00. The van der Waals surface area contributed by atoms with Gasteiger partial charge < -0.3 is 31.3 Å². The number of likely N-dealkylation sites (N-methyl/N-ethyl adjacent to an activating group) is 2. The monoisotopic (exact) mass is 470 g/mol. The van der Waals surface area contributed by atoms with E-state index in [1.165, 1.54) is 12.8 Å². The first-order valence-corrected chi connectivity index (χ1v) is 11.4. The first-order chi connectivity index (χ1) is 14.5. The van der Waals surface area contributed by atoms with Crippen molar-refractivity contribution in [3.05, 3.63) is 62.3 Å². The van der Waals surface area contributed by atoms with Gasteiger partial charge in [0.05, 0.1) is 60.3 Å². The fraction of sp³-hybridized carbons (Fsp3) is 0.593. The maximum absolute atomic E-state index is 10.6. The first kappa shape index (κ1) is 37.7. The number of halogens is 1. The van der Waals surface area contributed by atoms with Crippen molar-refractivity contribution in [2.45, 2.75) is 52.4 Å². The molecule has 0 aromatic heterocycles. The normalized spacial score (nSPS) is 10.9. The smallest absolute Gasteiger partial charge is 0.0969 e. The predicted molar refractivity (Wildman–Crippen MR) is 137 cm³/mol. The van der Waals surface area contributed by atoms with Gasteiger partial charge in [0.25, 0.3) is 0 Å². The minimum Gasteiger partial charge on any atom is -1.00 e. The van der Waals surface area contributed by atoms with Crippen LogP contribution in [0.1, 0.15) is 52.4 Å². The third-order valence-electron chi connectivity index (χ3n) is 4.51. The highest BCUT2D eigenvalue weighted by Crippen LogP contribution is 2.10. The van der Waals surface area contributed by atoms with Gasteiger partial charge in [-0.1, -0.05) is 65.5 Å². The second-order valence-corrected chi connectivity index (χ2v) is 8.99. The summed E-state index contributed by atoms with van der Waals surface area (Å²) in [6.07, 6.45) is 15.4. The Morgan fingerprint density at radius 3 is 1.38 bits per heavy atom. The molecule has 188 valence electrons. The lowest BCUT2D eigenvalue weighted by molar-refractivity contribution is -0.878. The van der Waals surface area contributed by atoms with Gasteiger partial charge in [0.2, 0.25) is 0 Å². The summed E-state index contributed by atoms with van der Waals surface area (Å²) in [5, 5.41) is 10.6. The minimum atomic E-state index is -1.00. The van der Waals surface area contributed by atoms with E-state index in [1.54, 1.807) is 6.08 Å². The molecule has 0 rings (SSSR count). The van der Waals surface area contributed by atoms with E-state index < -0.39 is 5.97 Å². The summed E-state index contributed by atoms with van der Waals surface area (Å²) in [7, 11) is 8.62. The third kappa shape index (κ3) is 28.4. The summed E-state index contributed by atoms with van der Waals surface area (Å²) >= 11 is 0. The molecule has 0 N–H and O–H groups in total.